The van der Waals surface area contributed by atoms with E-state index in [9.17, 15) is 0 Å². The van der Waals surface area contributed by atoms with Crippen LogP contribution in [-0.2, 0) is 0 Å². The third kappa shape index (κ3) is 2.81. The second-order valence-corrected chi connectivity index (χ2v) is 6.75. The van der Waals surface area contributed by atoms with E-state index in [0.29, 0.717) is 0 Å². The van der Waals surface area contributed by atoms with E-state index in [0.717, 1.165) is 29.6 Å². The molecule has 0 bridgehead atoms. The summed E-state index contributed by atoms with van der Waals surface area (Å²) in [5, 5.41) is 0. The summed E-state index contributed by atoms with van der Waals surface area (Å²) in [5.74, 6) is 5.23. The van der Waals surface area contributed by atoms with E-state index in [2.05, 4.69) is 20.8 Å². The Hall–Kier alpha value is 0. The van der Waals surface area contributed by atoms with Crippen LogP contribution in [0.25, 0.3) is 0 Å². The van der Waals surface area contributed by atoms with E-state index in [4.69, 9.17) is 0 Å². The van der Waals surface area contributed by atoms with Crippen molar-refractivity contribution in [1.29, 1.82) is 0 Å². The summed E-state index contributed by atoms with van der Waals surface area (Å²) in [6.45, 7) is 7.34. The first-order valence-corrected chi connectivity index (χ1v) is 7.70. The zero-order chi connectivity index (χ0) is 11.5. The molecule has 16 heavy (non-hydrogen) atoms. The minimum absolute atomic E-state index is 0.998. The second kappa shape index (κ2) is 5.56. The molecular weight excluding hydrogens is 192 g/mol. The number of rotatable bonds is 2. The molecule has 0 aromatic carbocycles. The zero-order valence-electron chi connectivity index (χ0n) is 11.5. The van der Waals surface area contributed by atoms with Crippen molar-refractivity contribution in [3.05, 3.63) is 0 Å². The predicted molar refractivity (Wildman–Crippen MR) is 71.4 cm³/mol. The molecule has 94 valence electrons. The van der Waals surface area contributed by atoms with Gasteiger partial charge in [0, 0.05) is 0 Å². The topological polar surface area (TPSA) is 0 Å². The highest BCUT2D eigenvalue weighted by Crippen LogP contribution is 2.44. The van der Waals surface area contributed by atoms with Gasteiger partial charge in [0.2, 0.25) is 0 Å². The lowest BCUT2D eigenvalue weighted by Gasteiger charge is -2.41. The van der Waals surface area contributed by atoms with E-state index in [1.165, 1.54) is 38.5 Å². The summed E-state index contributed by atoms with van der Waals surface area (Å²) < 4.78 is 0. The van der Waals surface area contributed by atoms with Crippen molar-refractivity contribution >= 4 is 0 Å². The van der Waals surface area contributed by atoms with Gasteiger partial charge in [-0.2, -0.15) is 0 Å². The molecule has 0 saturated heterocycles. The third-order valence-corrected chi connectivity index (χ3v) is 5.57. The fourth-order valence-electron chi connectivity index (χ4n) is 4.41. The molecule has 0 N–H and O–H groups in total. The van der Waals surface area contributed by atoms with Crippen LogP contribution in [0.4, 0.5) is 0 Å². The first kappa shape index (κ1) is 12.5. The Morgan fingerprint density at radius 2 is 1.56 bits per heavy atom. The average molecular weight is 222 g/mol. The van der Waals surface area contributed by atoms with Gasteiger partial charge in [-0.1, -0.05) is 46.5 Å². The zero-order valence-corrected chi connectivity index (χ0v) is 11.5. The molecule has 3 atom stereocenters. The smallest absolute Gasteiger partial charge is 0.0360 e. The second-order valence-electron chi connectivity index (χ2n) is 6.75. The molecule has 2 saturated carbocycles. The van der Waals surface area contributed by atoms with Gasteiger partial charge in [0.15, 0.2) is 0 Å². The fourth-order valence-corrected chi connectivity index (χ4v) is 4.41. The van der Waals surface area contributed by atoms with Crippen molar-refractivity contribution in [1.82, 2.24) is 0 Å². The molecule has 0 aliphatic heterocycles. The molecule has 2 aliphatic rings. The highest BCUT2D eigenvalue weighted by molar-refractivity contribution is 4.84. The summed E-state index contributed by atoms with van der Waals surface area (Å²) in [6, 6.07) is 0. The Morgan fingerprint density at radius 1 is 0.875 bits per heavy atom. The van der Waals surface area contributed by atoms with Gasteiger partial charge < -0.3 is 0 Å². The quantitative estimate of drug-likeness (QED) is 0.596. The Labute approximate surface area is 102 Å². The highest BCUT2D eigenvalue weighted by Gasteiger charge is 2.33. The lowest BCUT2D eigenvalue weighted by atomic mass is 9.65. The predicted octanol–water partition coefficient (Wildman–Crippen LogP) is 5.28. The molecule has 2 rings (SSSR count). The van der Waals surface area contributed by atoms with Crippen LogP contribution in [0.5, 0.6) is 0 Å². The Balaban J connectivity index is 1.84. The highest BCUT2D eigenvalue weighted by atomic mass is 14.4. The van der Waals surface area contributed by atoms with Crippen LogP contribution >= 0.6 is 0 Å². The largest absolute Gasteiger partial charge is 0.0651 e. The maximum Gasteiger partial charge on any atom is -0.0360 e. The van der Waals surface area contributed by atoms with Gasteiger partial charge in [-0.05, 0) is 55.3 Å². The molecule has 0 heteroatoms. The maximum atomic E-state index is 2.52. The van der Waals surface area contributed by atoms with Gasteiger partial charge in [-0.15, -0.1) is 0 Å². The van der Waals surface area contributed by atoms with Crippen LogP contribution in [-0.4, -0.2) is 0 Å². The van der Waals surface area contributed by atoms with Crippen molar-refractivity contribution in [2.45, 2.75) is 72.1 Å². The van der Waals surface area contributed by atoms with Crippen molar-refractivity contribution in [3.8, 4) is 0 Å². The summed E-state index contributed by atoms with van der Waals surface area (Å²) in [7, 11) is 0. The first-order valence-electron chi connectivity index (χ1n) is 7.70. The Morgan fingerprint density at radius 3 is 2.12 bits per heavy atom. The molecule has 0 spiro atoms. The van der Waals surface area contributed by atoms with Gasteiger partial charge in [-0.3, -0.25) is 0 Å². The van der Waals surface area contributed by atoms with Crippen LogP contribution in [0.3, 0.4) is 0 Å². The summed E-state index contributed by atoms with van der Waals surface area (Å²) in [4.78, 5) is 0. The van der Waals surface area contributed by atoms with E-state index in [-0.39, 0.29) is 0 Å². The van der Waals surface area contributed by atoms with Gasteiger partial charge in [-0.25, -0.2) is 0 Å². The van der Waals surface area contributed by atoms with Gasteiger partial charge in [0.25, 0.3) is 0 Å². The van der Waals surface area contributed by atoms with Gasteiger partial charge >= 0.3 is 0 Å². The monoisotopic (exact) mass is 222 g/mol. The Bertz CT molecular complexity index is 200. The molecule has 2 fully saturated rings. The number of hydrogen-bond acceptors (Lipinski definition) is 0. The molecule has 0 nitrogen and oxygen atoms in total. The van der Waals surface area contributed by atoms with Crippen molar-refractivity contribution in [2.24, 2.45) is 29.6 Å². The van der Waals surface area contributed by atoms with Crippen molar-refractivity contribution in [2.75, 3.05) is 0 Å². The molecule has 0 radical (unpaired) electrons. The third-order valence-electron chi connectivity index (χ3n) is 5.57. The molecule has 0 heterocycles. The van der Waals surface area contributed by atoms with E-state index in [1.807, 2.05) is 0 Å². The van der Waals surface area contributed by atoms with Crippen molar-refractivity contribution < 1.29 is 0 Å². The summed E-state index contributed by atoms with van der Waals surface area (Å²) >= 11 is 0. The van der Waals surface area contributed by atoms with Crippen LogP contribution in [0.15, 0.2) is 0 Å². The fraction of sp³-hybridized carbons (Fsp3) is 1.00. The normalized spacial score (nSPS) is 45.6. The SMILES string of the molecule is CCC1CCC(C2CCC(C)CC2C)CC1. The van der Waals surface area contributed by atoms with Crippen LogP contribution < -0.4 is 0 Å². The van der Waals surface area contributed by atoms with Gasteiger partial charge in [0.1, 0.15) is 0 Å². The lowest BCUT2D eigenvalue weighted by Crippen LogP contribution is -2.30. The molecule has 3 unspecified atom stereocenters. The summed E-state index contributed by atoms with van der Waals surface area (Å²) in [5.41, 5.74) is 0. The standard InChI is InChI=1S/C16H30/c1-4-14-6-8-15(9-7-14)16-10-5-12(2)11-13(16)3/h12-16H,4-11H2,1-3H3. The minimum Gasteiger partial charge on any atom is -0.0651 e. The van der Waals surface area contributed by atoms with Crippen LogP contribution in [0, 0.1) is 29.6 Å². The van der Waals surface area contributed by atoms with E-state index < -0.39 is 0 Å². The van der Waals surface area contributed by atoms with Crippen LogP contribution in [0.1, 0.15) is 72.1 Å². The summed E-state index contributed by atoms with van der Waals surface area (Å²) in [6.07, 6.45) is 12.1. The van der Waals surface area contributed by atoms with E-state index in [1.54, 1.807) is 12.8 Å². The lowest BCUT2D eigenvalue weighted by molar-refractivity contribution is 0.101. The maximum absolute atomic E-state index is 2.52. The molecule has 0 aromatic rings. The molecular formula is C16H30. The van der Waals surface area contributed by atoms with Crippen LogP contribution in [0.2, 0.25) is 0 Å². The molecule has 0 aromatic heterocycles. The average Bonchev–Trinajstić information content (AvgIpc) is 2.29. The number of hydrogen-bond donors (Lipinski definition) is 0. The Kier molecular flexibility index (Phi) is 4.33. The molecule has 0 amide bonds. The first-order chi connectivity index (χ1) is 7.70. The van der Waals surface area contributed by atoms with Gasteiger partial charge in [0.05, 0.1) is 0 Å². The minimum atomic E-state index is 0.998. The van der Waals surface area contributed by atoms with E-state index >= 15 is 0 Å². The van der Waals surface area contributed by atoms with Crippen molar-refractivity contribution in [3.63, 3.8) is 0 Å². The molecule has 2 aliphatic carbocycles.